The quantitative estimate of drug-likeness (QED) is 0.754. The van der Waals surface area contributed by atoms with Crippen molar-refractivity contribution < 1.29 is 4.79 Å². The molecule has 0 saturated carbocycles. The molecule has 2 heterocycles. The van der Waals surface area contributed by atoms with E-state index in [1.165, 1.54) is 0 Å². The lowest BCUT2D eigenvalue weighted by atomic mass is 10.2. The molecule has 1 aliphatic rings. The van der Waals surface area contributed by atoms with Crippen molar-refractivity contribution in [2.45, 2.75) is 26.3 Å². The first-order chi connectivity index (χ1) is 8.16. The highest BCUT2D eigenvalue weighted by Gasteiger charge is 2.18. The van der Waals surface area contributed by atoms with Gasteiger partial charge in [0.2, 0.25) is 5.91 Å². The molecule has 0 spiro atoms. The molecule has 17 heavy (non-hydrogen) atoms. The molecule has 1 amide bonds. The molecule has 6 heteroatoms. The molecule has 0 bridgehead atoms. The average molecular weight is 254 g/mol. The molecule has 94 valence electrons. The first kappa shape index (κ1) is 12.4. The fourth-order valence-corrected chi connectivity index (χ4v) is 2.85. The number of anilines is 1. The highest BCUT2D eigenvalue weighted by Crippen LogP contribution is 2.17. The Kier molecular flexibility index (Phi) is 4.06. The molecular weight excluding hydrogens is 236 g/mol. The molecule has 1 atom stereocenters. The molecular formula is C11H18N4OS. The Hall–Kier alpha value is -1.01. The van der Waals surface area contributed by atoms with Crippen molar-refractivity contribution in [1.29, 1.82) is 0 Å². The number of carbonyl (C=O) groups excluding carboxylic acids is 1. The minimum absolute atomic E-state index is 0.0533. The number of amides is 1. The van der Waals surface area contributed by atoms with Crippen LogP contribution >= 0.6 is 11.8 Å². The summed E-state index contributed by atoms with van der Waals surface area (Å²) in [5.74, 6) is 2.20. The van der Waals surface area contributed by atoms with E-state index in [1.54, 1.807) is 0 Å². The van der Waals surface area contributed by atoms with E-state index in [-0.39, 0.29) is 5.91 Å². The van der Waals surface area contributed by atoms with Crippen LogP contribution in [0.3, 0.4) is 0 Å². The van der Waals surface area contributed by atoms with Crippen LogP contribution in [0, 0.1) is 13.8 Å². The Morgan fingerprint density at radius 3 is 3.00 bits per heavy atom. The van der Waals surface area contributed by atoms with Crippen molar-refractivity contribution >= 4 is 23.4 Å². The van der Waals surface area contributed by atoms with Gasteiger partial charge in [-0.3, -0.25) is 9.89 Å². The van der Waals surface area contributed by atoms with Crippen LogP contribution in [0.5, 0.6) is 0 Å². The highest BCUT2D eigenvalue weighted by molar-refractivity contribution is 7.99. The lowest BCUT2D eigenvalue weighted by Crippen LogP contribution is -2.39. The monoisotopic (exact) mass is 254 g/mol. The molecule has 1 fully saturated rings. The van der Waals surface area contributed by atoms with E-state index in [0.29, 0.717) is 12.5 Å². The van der Waals surface area contributed by atoms with Crippen LogP contribution in [-0.2, 0) is 4.79 Å². The Morgan fingerprint density at radius 2 is 2.41 bits per heavy atom. The third-order valence-corrected chi connectivity index (χ3v) is 3.95. The summed E-state index contributed by atoms with van der Waals surface area (Å²) >= 11 is 1.90. The van der Waals surface area contributed by atoms with Crippen LogP contribution in [0.4, 0.5) is 5.69 Å². The fraction of sp³-hybridized carbons (Fsp3) is 0.636. The predicted octanol–water partition coefficient (Wildman–Crippen LogP) is 1.06. The zero-order valence-electron chi connectivity index (χ0n) is 10.2. The van der Waals surface area contributed by atoms with Gasteiger partial charge in [0, 0.05) is 30.5 Å². The largest absolute Gasteiger partial charge is 0.323 e. The molecule has 1 aromatic rings. The number of carbonyl (C=O) groups is 1. The van der Waals surface area contributed by atoms with Gasteiger partial charge in [0.1, 0.15) is 0 Å². The van der Waals surface area contributed by atoms with Crippen LogP contribution < -0.4 is 10.6 Å². The predicted molar refractivity (Wildman–Crippen MR) is 70.4 cm³/mol. The maximum Gasteiger partial charge on any atom is 0.226 e. The number of aryl methyl sites for hydroxylation is 2. The van der Waals surface area contributed by atoms with Crippen molar-refractivity contribution in [2.24, 2.45) is 0 Å². The van der Waals surface area contributed by atoms with E-state index in [0.717, 1.165) is 35.1 Å². The Labute approximate surface area is 105 Å². The summed E-state index contributed by atoms with van der Waals surface area (Å²) in [6, 6.07) is 0.293. The summed E-state index contributed by atoms with van der Waals surface area (Å²) in [6.07, 6.45) is 0.525. The summed E-state index contributed by atoms with van der Waals surface area (Å²) in [5, 5.41) is 13.2. The van der Waals surface area contributed by atoms with Gasteiger partial charge in [-0.05, 0) is 13.8 Å². The standard InChI is InChI=1S/C11H18N4OS/c1-7-11(8(2)15-14-7)13-10(16)5-9-6-17-4-3-12-9/h9,12H,3-6H2,1-2H3,(H,13,16)(H,14,15). The zero-order valence-corrected chi connectivity index (χ0v) is 11.0. The lowest BCUT2D eigenvalue weighted by molar-refractivity contribution is -0.116. The molecule has 1 unspecified atom stereocenters. The van der Waals surface area contributed by atoms with Gasteiger partial charge < -0.3 is 10.6 Å². The smallest absolute Gasteiger partial charge is 0.226 e. The maximum atomic E-state index is 11.9. The summed E-state index contributed by atoms with van der Waals surface area (Å²) in [7, 11) is 0. The van der Waals surface area contributed by atoms with Gasteiger partial charge >= 0.3 is 0 Å². The van der Waals surface area contributed by atoms with Gasteiger partial charge in [0.15, 0.2) is 0 Å². The van der Waals surface area contributed by atoms with E-state index < -0.39 is 0 Å². The number of thioether (sulfide) groups is 1. The van der Waals surface area contributed by atoms with Crippen LogP contribution in [0.15, 0.2) is 0 Å². The van der Waals surface area contributed by atoms with Crippen LogP contribution in [0.1, 0.15) is 17.8 Å². The number of aromatic nitrogens is 2. The minimum atomic E-state index is 0.0533. The van der Waals surface area contributed by atoms with Crippen molar-refractivity contribution in [2.75, 3.05) is 23.4 Å². The van der Waals surface area contributed by atoms with E-state index in [4.69, 9.17) is 0 Å². The van der Waals surface area contributed by atoms with Gasteiger partial charge in [-0.25, -0.2) is 0 Å². The molecule has 1 aliphatic heterocycles. The van der Waals surface area contributed by atoms with Crippen LogP contribution in [0.25, 0.3) is 0 Å². The minimum Gasteiger partial charge on any atom is -0.323 e. The number of hydrogen-bond acceptors (Lipinski definition) is 4. The average Bonchev–Trinajstić information content (AvgIpc) is 2.62. The topological polar surface area (TPSA) is 69.8 Å². The first-order valence-electron chi connectivity index (χ1n) is 5.79. The van der Waals surface area contributed by atoms with Crippen LogP contribution in [-0.4, -0.2) is 40.2 Å². The van der Waals surface area contributed by atoms with Crippen molar-refractivity contribution in [3.8, 4) is 0 Å². The number of H-pyrrole nitrogens is 1. The first-order valence-corrected chi connectivity index (χ1v) is 6.95. The van der Waals surface area contributed by atoms with Gasteiger partial charge in [-0.15, -0.1) is 0 Å². The third-order valence-electron chi connectivity index (χ3n) is 2.82. The molecule has 1 saturated heterocycles. The molecule has 5 nitrogen and oxygen atoms in total. The number of rotatable bonds is 3. The highest BCUT2D eigenvalue weighted by atomic mass is 32.2. The zero-order chi connectivity index (χ0) is 12.3. The summed E-state index contributed by atoms with van der Waals surface area (Å²) in [5.41, 5.74) is 2.56. The summed E-state index contributed by atoms with van der Waals surface area (Å²) in [6.45, 7) is 4.78. The Bertz CT molecular complexity index is 379. The molecule has 0 aromatic carbocycles. The second-order valence-corrected chi connectivity index (χ2v) is 5.44. The van der Waals surface area contributed by atoms with Crippen LogP contribution in [0.2, 0.25) is 0 Å². The van der Waals surface area contributed by atoms with E-state index >= 15 is 0 Å². The second kappa shape index (κ2) is 5.55. The van der Waals surface area contributed by atoms with Gasteiger partial charge in [-0.1, -0.05) is 0 Å². The second-order valence-electron chi connectivity index (χ2n) is 4.29. The molecule has 0 radical (unpaired) electrons. The number of hydrogen-bond donors (Lipinski definition) is 3. The van der Waals surface area contributed by atoms with Gasteiger partial charge in [0.05, 0.1) is 17.1 Å². The van der Waals surface area contributed by atoms with E-state index in [2.05, 4.69) is 20.8 Å². The molecule has 2 rings (SSSR count). The Morgan fingerprint density at radius 1 is 1.59 bits per heavy atom. The van der Waals surface area contributed by atoms with Gasteiger partial charge in [0.25, 0.3) is 0 Å². The van der Waals surface area contributed by atoms with Gasteiger partial charge in [-0.2, -0.15) is 16.9 Å². The molecule has 0 aliphatic carbocycles. The fourth-order valence-electron chi connectivity index (χ4n) is 1.90. The SMILES string of the molecule is Cc1n[nH]c(C)c1NC(=O)CC1CSCCN1. The Balaban J connectivity index is 1.88. The maximum absolute atomic E-state index is 11.9. The number of aromatic amines is 1. The number of nitrogens with one attached hydrogen (secondary N) is 3. The van der Waals surface area contributed by atoms with E-state index in [9.17, 15) is 4.79 Å². The summed E-state index contributed by atoms with van der Waals surface area (Å²) in [4.78, 5) is 11.9. The van der Waals surface area contributed by atoms with Crippen molar-refractivity contribution in [3.63, 3.8) is 0 Å². The molecule has 1 aromatic heterocycles. The summed E-state index contributed by atoms with van der Waals surface area (Å²) < 4.78 is 0. The van der Waals surface area contributed by atoms with E-state index in [1.807, 2.05) is 25.6 Å². The normalized spacial score (nSPS) is 20.2. The third kappa shape index (κ3) is 3.23. The van der Waals surface area contributed by atoms with Crippen molar-refractivity contribution in [1.82, 2.24) is 15.5 Å². The lowest BCUT2D eigenvalue weighted by Gasteiger charge is -2.22. The van der Waals surface area contributed by atoms with Crippen molar-refractivity contribution in [3.05, 3.63) is 11.4 Å². The number of nitrogens with zero attached hydrogens (tertiary/aromatic N) is 1. The molecule has 3 N–H and O–H groups in total.